The Labute approximate surface area is 130 Å². The summed E-state index contributed by atoms with van der Waals surface area (Å²) in [5.41, 5.74) is -0.310. The maximum atomic E-state index is 12.9. The van der Waals surface area contributed by atoms with Gasteiger partial charge in [0, 0.05) is 20.1 Å². The fourth-order valence-corrected chi connectivity index (χ4v) is 2.06. The lowest BCUT2D eigenvalue weighted by atomic mass is 10.1. The Bertz CT molecular complexity index is 428. The van der Waals surface area contributed by atoms with Gasteiger partial charge in [0.15, 0.2) is 0 Å². The fraction of sp³-hybridized carbons (Fsp3) is 0.625. The molecule has 0 saturated carbocycles. The lowest BCUT2D eigenvalue weighted by molar-refractivity contribution is -0.180. The predicted molar refractivity (Wildman–Crippen MR) is 82.1 cm³/mol. The van der Waals surface area contributed by atoms with Crippen molar-refractivity contribution < 1.29 is 22.6 Å². The van der Waals surface area contributed by atoms with E-state index in [1.165, 1.54) is 6.92 Å². The van der Waals surface area contributed by atoms with Gasteiger partial charge in [-0.05, 0) is 27.2 Å². The third kappa shape index (κ3) is 5.75. The van der Waals surface area contributed by atoms with Gasteiger partial charge in [-0.15, -0.1) is 0 Å². The molecule has 128 valence electrons. The van der Waals surface area contributed by atoms with Crippen LogP contribution in [0.4, 0.5) is 13.2 Å². The van der Waals surface area contributed by atoms with Crippen LogP contribution in [0.25, 0.3) is 0 Å². The van der Waals surface area contributed by atoms with E-state index >= 15 is 0 Å². The van der Waals surface area contributed by atoms with Crippen LogP contribution in [0, 0.1) is 0 Å². The van der Waals surface area contributed by atoms with E-state index in [0.717, 1.165) is 6.08 Å². The number of alkyl halides is 3. The number of likely N-dealkylation sites (N-methyl/N-ethyl adjacent to an activating group) is 1. The molecular formula is C16H26F3NO2. The summed E-state index contributed by atoms with van der Waals surface area (Å²) in [5, 5.41) is 3.09. The second-order valence-electron chi connectivity index (χ2n) is 4.71. The molecule has 0 fully saturated rings. The second-order valence-corrected chi connectivity index (χ2v) is 4.71. The van der Waals surface area contributed by atoms with E-state index in [-0.39, 0.29) is 5.76 Å². The van der Waals surface area contributed by atoms with Crippen molar-refractivity contribution in [3.05, 3.63) is 35.8 Å². The van der Waals surface area contributed by atoms with E-state index in [1.54, 1.807) is 13.8 Å². The molecule has 0 radical (unpaired) electrons. The second kappa shape index (κ2) is 8.88. The Morgan fingerprint density at radius 2 is 1.82 bits per heavy atom. The third-order valence-corrected chi connectivity index (χ3v) is 2.92. The van der Waals surface area contributed by atoms with E-state index in [4.69, 9.17) is 9.47 Å². The molecule has 6 heteroatoms. The Hall–Kier alpha value is -1.43. The van der Waals surface area contributed by atoms with Crippen LogP contribution in [0.2, 0.25) is 0 Å². The zero-order chi connectivity index (χ0) is 17.4. The topological polar surface area (TPSA) is 30.5 Å². The van der Waals surface area contributed by atoms with Crippen LogP contribution in [-0.4, -0.2) is 25.1 Å². The van der Waals surface area contributed by atoms with Crippen LogP contribution in [-0.2, 0) is 9.47 Å². The number of rotatable bonds is 9. The minimum atomic E-state index is -4.52. The molecule has 22 heavy (non-hydrogen) atoms. The molecule has 0 rings (SSSR count). The molecule has 1 atom stereocenters. The highest BCUT2D eigenvalue weighted by molar-refractivity contribution is 5.25. The summed E-state index contributed by atoms with van der Waals surface area (Å²) < 4.78 is 50.0. The monoisotopic (exact) mass is 321 g/mol. The van der Waals surface area contributed by atoms with E-state index in [1.807, 2.05) is 19.9 Å². The first-order valence-corrected chi connectivity index (χ1v) is 7.34. The number of nitrogens with one attached hydrogen (secondary N) is 1. The zero-order valence-electron chi connectivity index (χ0n) is 13.9. The van der Waals surface area contributed by atoms with Gasteiger partial charge in [-0.1, -0.05) is 25.7 Å². The van der Waals surface area contributed by atoms with Gasteiger partial charge in [-0.25, -0.2) is 0 Å². The van der Waals surface area contributed by atoms with Crippen molar-refractivity contribution in [2.24, 2.45) is 0 Å². The molecule has 0 aromatic carbocycles. The predicted octanol–water partition coefficient (Wildman–Crippen LogP) is 4.68. The maximum absolute atomic E-state index is 12.9. The minimum Gasteiger partial charge on any atom is -0.461 e. The molecule has 0 saturated heterocycles. The zero-order valence-corrected chi connectivity index (χ0v) is 13.9. The van der Waals surface area contributed by atoms with Gasteiger partial charge in [0.05, 0.1) is 11.3 Å². The lowest BCUT2D eigenvalue weighted by Crippen LogP contribution is -2.41. The molecular weight excluding hydrogens is 295 g/mol. The Kier molecular flexibility index (Phi) is 8.30. The van der Waals surface area contributed by atoms with Crippen LogP contribution in [0.1, 0.15) is 41.0 Å². The van der Waals surface area contributed by atoms with Crippen molar-refractivity contribution in [3.63, 3.8) is 0 Å². The number of hydrogen-bond acceptors (Lipinski definition) is 3. The molecule has 1 N–H and O–H groups in total. The molecule has 0 amide bonds. The minimum absolute atomic E-state index is 0.279. The normalized spacial score (nSPS) is 16.6. The molecule has 0 aromatic rings. The van der Waals surface area contributed by atoms with Gasteiger partial charge in [-0.2, -0.15) is 13.2 Å². The first-order valence-electron chi connectivity index (χ1n) is 7.34. The van der Waals surface area contributed by atoms with Gasteiger partial charge in [0.2, 0.25) is 5.79 Å². The highest BCUT2D eigenvalue weighted by atomic mass is 19.4. The average molecular weight is 321 g/mol. The summed E-state index contributed by atoms with van der Waals surface area (Å²) in [4.78, 5) is 0. The average Bonchev–Trinajstić information content (AvgIpc) is 2.37. The van der Waals surface area contributed by atoms with Crippen LogP contribution in [0.3, 0.4) is 0 Å². The largest absolute Gasteiger partial charge is 0.461 e. The van der Waals surface area contributed by atoms with Crippen LogP contribution >= 0.6 is 0 Å². The smallest absolute Gasteiger partial charge is 0.419 e. The first-order chi connectivity index (χ1) is 10.2. The van der Waals surface area contributed by atoms with E-state index in [9.17, 15) is 13.2 Å². The quantitative estimate of drug-likeness (QED) is 0.380. The van der Waals surface area contributed by atoms with E-state index in [0.29, 0.717) is 25.3 Å². The molecule has 3 nitrogen and oxygen atoms in total. The Morgan fingerprint density at radius 3 is 2.18 bits per heavy atom. The van der Waals surface area contributed by atoms with Crippen molar-refractivity contribution >= 4 is 0 Å². The number of halogens is 3. The van der Waals surface area contributed by atoms with Gasteiger partial charge in [0.25, 0.3) is 0 Å². The SMILES string of the molecule is C=C/C(=C(/C)OC(C)(OCC)/C(=C\CC)NCC)C(F)(F)F. The highest BCUT2D eigenvalue weighted by Crippen LogP contribution is 2.33. The van der Waals surface area contributed by atoms with Crippen LogP contribution < -0.4 is 5.32 Å². The summed E-state index contributed by atoms with van der Waals surface area (Å²) >= 11 is 0. The Balaban J connectivity index is 5.72. The number of allylic oxidation sites excluding steroid dienone is 4. The highest BCUT2D eigenvalue weighted by Gasteiger charge is 2.38. The standard InChI is InChI=1S/C16H26F3NO2/c1-7-11-14(20-9-3)15(6,21-10-4)22-12(5)13(8-2)16(17,18)19/h8,11,20H,2,7,9-10H2,1,3-6H3/b13-12+,14-11+. The molecule has 0 spiro atoms. The van der Waals surface area contributed by atoms with E-state index < -0.39 is 17.5 Å². The molecule has 0 aromatic heterocycles. The Morgan fingerprint density at radius 1 is 1.23 bits per heavy atom. The van der Waals surface area contributed by atoms with Crippen molar-refractivity contribution in [2.75, 3.05) is 13.2 Å². The van der Waals surface area contributed by atoms with Crippen LogP contribution in [0.15, 0.2) is 35.8 Å². The number of hydrogen-bond donors (Lipinski definition) is 1. The molecule has 0 aliphatic rings. The summed E-state index contributed by atoms with van der Waals surface area (Å²) in [7, 11) is 0. The molecule has 0 aliphatic carbocycles. The van der Waals surface area contributed by atoms with Gasteiger partial charge in [0.1, 0.15) is 5.76 Å². The van der Waals surface area contributed by atoms with Crippen molar-refractivity contribution in [3.8, 4) is 0 Å². The summed E-state index contributed by atoms with van der Waals surface area (Å²) in [6, 6.07) is 0. The number of ether oxygens (including phenoxy) is 2. The lowest BCUT2D eigenvalue weighted by Gasteiger charge is -2.34. The third-order valence-electron chi connectivity index (χ3n) is 2.92. The fourth-order valence-electron chi connectivity index (χ4n) is 2.06. The molecule has 0 bridgehead atoms. The molecule has 0 heterocycles. The van der Waals surface area contributed by atoms with Gasteiger partial charge < -0.3 is 14.8 Å². The maximum Gasteiger partial charge on any atom is 0.419 e. The van der Waals surface area contributed by atoms with Crippen LogP contribution in [0.5, 0.6) is 0 Å². The van der Waals surface area contributed by atoms with Crippen molar-refractivity contribution in [2.45, 2.75) is 53.0 Å². The van der Waals surface area contributed by atoms with Crippen molar-refractivity contribution in [1.29, 1.82) is 0 Å². The first kappa shape index (κ1) is 20.6. The van der Waals surface area contributed by atoms with E-state index in [2.05, 4.69) is 11.9 Å². The summed E-state index contributed by atoms with van der Waals surface area (Å²) in [5.74, 6) is -1.59. The molecule has 0 aliphatic heterocycles. The summed E-state index contributed by atoms with van der Waals surface area (Å²) in [6.07, 6.45) is -1.23. The van der Waals surface area contributed by atoms with Crippen molar-refractivity contribution in [1.82, 2.24) is 5.32 Å². The van der Waals surface area contributed by atoms with Gasteiger partial charge >= 0.3 is 6.18 Å². The summed E-state index contributed by atoms with van der Waals surface area (Å²) in [6.45, 7) is 12.6. The molecule has 1 unspecified atom stereocenters. The van der Waals surface area contributed by atoms with Gasteiger partial charge in [-0.3, -0.25) is 0 Å².